The van der Waals surface area contributed by atoms with Gasteiger partial charge in [-0.1, -0.05) is 25.4 Å². The van der Waals surface area contributed by atoms with Crippen molar-refractivity contribution >= 4 is 27.5 Å². The molecular formula is C15H23ClN2O3S. The molecule has 0 radical (unpaired) electrons. The number of sulfonamides is 1. The number of halogens is 1. The Hall–Kier alpha value is -1.11. The lowest BCUT2D eigenvalue weighted by Crippen LogP contribution is -2.34. The summed E-state index contributed by atoms with van der Waals surface area (Å²) in [6, 6.07) is 3.93. The van der Waals surface area contributed by atoms with Crippen LogP contribution in [0, 0.1) is 0 Å². The Labute approximate surface area is 137 Å². The van der Waals surface area contributed by atoms with Crippen LogP contribution in [-0.2, 0) is 10.0 Å². The number of amides is 1. The van der Waals surface area contributed by atoms with Gasteiger partial charge in [-0.3, -0.25) is 4.79 Å². The Balaban J connectivity index is 3.12. The summed E-state index contributed by atoms with van der Waals surface area (Å²) in [4.78, 5) is 12.3. The van der Waals surface area contributed by atoms with Crippen molar-refractivity contribution in [3.63, 3.8) is 0 Å². The normalized spacial score (nSPS) is 12.0. The van der Waals surface area contributed by atoms with Crippen LogP contribution >= 0.6 is 11.6 Å². The average Bonchev–Trinajstić information content (AvgIpc) is 2.43. The van der Waals surface area contributed by atoms with E-state index in [0.29, 0.717) is 0 Å². The summed E-state index contributed by atoms with van der Waals surface area (Å²) in [5.74, 6) is -0.361. The van der Waals surface area contributed by atoms with E-state index in [-0.39, 0.29) is 33.5 Å². The van der Waals surface area contributed by atoms with E-state index in [1.807, 2.05) is 13.8 Å². The first kappa shape index (κ1) is 18.9. The lowest BCUT2D eigenvalue weighted by atomic mass is 10.1. The molecule has 0 spiro atoms. The smallest absolute Gasteiger partial charge is 0.253 e. The van der Waals surface area contributed by atoms with Crippen molar-refractivity contribution in [3.8, 4) is 0 Å². The fraction of sp³-hybridized carbons (Fsp3) is 0.533. The number of benzene rings is 1. The number of rotatable bonds is 7. The molecule has 2 N–H and O–H groups in total. The number of hydrogen-bond donors (Lipinski definition) is 2. The second-order valence-electron chi connectivity index (χ2n) is 5.40. The standard InChI is InChI=1S/C15H23ClN2O3S/c1-5-11(6-2)17-15(19)13-9-12(7-8-14(13)16)22(20,21)18-10(3)4/h7-11,18H,5-6H2,1-4H3,(H,17,19). The van der Waals surface area contributed by atoms with Crippen molar-refractivity contribution in [2.75, 3.05) is 0 Å². The highest BCUT2D eigenvalue weighted by atomic mass is 35.5. The molecule has 0 aliphatic carbocycles. The van der Waals surface area contributed by atoms with Crippen molar-refractivity contribution in [1.29, 1.82) is 0 Å². The summed E-state index contributed by atoms with van der Waals surface area (Å²) < 4.78 is 26.8. The van der Waals surface area contributed by atoms with Crippen LogP contribution in [0.2, 0.25) is 5.02 Å². The quantitative estimate of drug-likeness (QED) is 0.797. The molecule has 22 heavy (non-hydrogen) atoms. The predicted octanol–water partition coefficient (Wildman–Crippen LogP) is 2.95. The molecule has 0 atom stereocenters. The van der Waals surface area contributed by atoms with E-state index in [2.05, 4.69) is 10.0 Å². The minimum atomic E-state index is -3.66. The third kappa shape index (κ3) is 4.97. The van der Waals surface area contributed by atoms with Crippen molar-refractivity contribution < 1.29 is 13.2 Å². The van der Waals surface area contributed by atoms with Crippen LogP contribution in [0.1, 0.15) is 50.9 Å². The molecule has 0 heterocycles. The molecule has 1 aromatic carbocycles. The second kappa shape index (κ2) is 7.94. The van der Waals surface area contributed by atoms with Crippen LogP contribution in [0.3, 0.4) is 0 Å². The first-order valence-corrected chi connectivity index (χ1v) is 9.20. The zero-order valence-electron chi connectivity index (χ0n) is 13.3. The van der Waals surface area contributed by atoms with Crippen LogP contribution < -0.4 is 10.0 Å². The van der Waals surface area contributed by atoms with E-state index in [0.717, 1.165) is 12.8 Å². The molecule has 1 aromatic rings. The van der Waals surface area contributed by atoms with Gasteiger partial charge in [0.2, 0.25) is 10.0 Å². The van der Waals surface area contributed by atoms with Gasteiger partial charge >= 0.3 is 0 Å². The van der Waals surface area contributed by atoms with Crippen LogP contribution in [-0.4, -0.2) is 26.4 Å². The van der Waals surface area contributed by atoms with Crippen LogP contribution in [0.4, 0.5) is 0 Å². The van der Waals surface area contributed by atoms with Crippen molar-refractivity contribution in [2.24, 2.45) is 0 Å². The van der Waals surface area contributed by atoms with E-state index in [9.17, 15) is 13.2 Å². The molecule has 5 nitrogen and oxygen atoms in total. The third-order valence-electron chi connectivity index (χ3n) is 3.20. The molecule has 0 fully saturated rings. The third-order valence-corrected chi connectivity index (χ3v) is 5.19. The minimum absolute atomic E-state index is 0.0281. The summed E-state index contributed by atoms with van der Waals surface area (Å²) in [5, 5.41) is 3.08. The van der Waals surface area contributed by atoms with Gasteiger partial charge in [-0.25, -0.2) is 13.1 Å². The van der Waals surface area contributed by atoms with Crippen molar-refractivity contribution in [2.45, 2.75) is 57.5 Å². The van der Waals surface area contributed by atoms with Crippen molar-refractivity contribution in [1.82, 2.24) is 10.0 Å². The Bertz CT molecular complexity index is 626. The second-order valence-corrected chi connectivity index (χ2v) is 7.53. The van der Waals surface area contributed by atoms with E-state index >= 15 is 0 Å². The highest BCUT2D eigenvalue weighted by Crippen LogP contribution is 2.21. The van der Waals surface area contributed by atoms with E-state index in [1.54, 1.807) is 13.8 Å². The first-order valence-electron chi connectivity index (χ1n) is 7.34. The lowest BCUT2D eigenvalue weighted by Gasteiger charge is -2.16. The van der Waals surface area contributed by atoms with E-state index in [1.165, 1.54) is 18.2 Å². The molecule has 0 unspecified atom stereocenters. The maximum atomic E-state index is 12.3. The average molecular weight is 347 g/mol. The fourth-order valence-electron chi connectivity index (χ4n) is 1.98. The molecule has 124 valence electrons. The van der Waals surface area contributed by atoms with Crippen LogP contribution in [0.25, 0.3) is 0 Å². The molecule has 0 saturated carbocycles. The maximum absolute atomic E-state index is 12.3. The van der Waals surface area contributed by atoms with Gasteiger partial charge in [0.25, 0.3) is 5.91 Å². The monoisotopic (exact) mass is 346 g/mol. The van der Waals surface area contributed by atoms with Gasteiger partial charge in [-0.15, -0.1) is 0 Å². The number of hydrogen-bond acceptors (Lipinski definition) is 3. The molecule has 7 heteroatoms. The zero-order valence-corrected chi connectivity index (χ0v) is 14.9. The summed E-state index contributed by atoms with van der Waals surface area (Å²) in [7, 11) is -3.66. The maximum Gasteiger partial charge on any atom is 0.253 e. The number of carbonyl (C=O) groups excluding carboxylic acids is 1. The molecular weight excluding hydrogens is 324 g/mol. The van der Waals surface area contributed by atoms with Gasteiger partial charge in [0, 0.05) is 12.1 Å². The van der Waals surface area contributed by atoms with E-state index < -0.39 is 10.0 Å². The van der Waals surface area contributed by atoms with Gasteiger partial charge in [-0.05, 0) is 44.9 Å². The van der Waals surface area contributed by atoms with Crippen molar-refractivity contribution in [3.05, 3.63) is 28.8 Å². The SMILES string of the molecule is CCC(CC)NC(=O)c1cc(S(=O)(=O)NC(C)C)ccc1Cl. The highest BCUT2D eigenvalue weighted by molar-refractivity contribution is 7.89. The Morgan fingerprint density at radius 3 is 2.32 bits per heavy atom. The van der Waals surface area contributed by atoms with Gasteiger partial charge in [-0.2, -0.15) is 0 Å². The zero-order chi connectivity index (χ0) is 16.9. The van der Waals surface area contributed by atoms with Gasteiger partial charge < -0.3 is 5.32 Å². The highest BCUT2D eigenvalue weighted by Gasteiger charge is 2.20. The lowest BCUT2D eigenvalue weighted by molar-refractivity contribution is 0.0935. The molecule has 0 aliphatic heterocycles. The van der Waals surface area contributed by atoms with Gasteiger partial charge in [0.1, 0.15) is 0 Å². The van der Waals surface area contributed by atoms with Gasteiger partial charge in [0.15, 0.2) is 0 Å². The van der Waals surface area contributed by atoms with Crippen LogP contribution in [0.15, 0.2) is 23.1 Å². The molecule has 0 aromatic heterocycles. The van der Waals surface area contributed by atoms with Crippen LogP contribution in [0.5, 0.6) is 0 Å². The molecule has 1 amide bonds. The number of carbonyl (C=O) groups is 1. The Morgan fingerprint density at radius 2 is 1.82 bits per heavy atom. The summed E-state index contributed by atoms with van der Waals surface area (Å²) in [6.07, 6.45) is 1.60. The first-order chi connectivity index (χ1) is 10.2. The Morgan fingerprint density at radius 1 is 1.23 bits per heavy atom. The predicted molar refractivity (Wildman–Crippen MR) is 88.7 cm³/mol. The molecule has 1 rings (SSSR count). The topological polar surface area (TPSA) is 75.3 Å². The summed E-state index contributed by atoms with van der Waals surface area (Å²) in [6.45, 7) is 7.41. The molecule has 0 aliphatic rings. The van der Waals surface area contributed by atoms with E-state index in [4.69, 9.17) is 11.6 Å². The largest absolute Gasteiger partial charge is 0.349 e. The minimum Gasteiger partial charge on any atom is -0.349 e. The van der Waals surface area contributed by atoms with Gasteiger partial charge in [0.05, 0.1) is 15.5 Å². The fourth-order valence-corrected chi connectivity index (χ4v) is 3.46. The summed E-state index contributed by atoms with van der Waals surface area (Å²) in [5.41, 5.74) is 0.167. The molecule has 0 saturated heterocycles. The number of nitrogens with one attached hydrogen (secondary N) is 2. The Kier molecular flexibility index (Phi) is 6.84. The molecule has 0 bridgehead atoms. The summed E-state index contributed by atoms with van der Waals surface area (Å²) >= 11 is 6.04.